The zero-order chi connectivity index (χ0) is 20.5. The van der Waals surface area contributed by atoms with Crippen LogP contribution in [0.4, 0.5) is 16.2 Å². The molecule has 0 amide bonds. The highest BCUT2D eigenvalue weighted by molar-refractivity contribution is 5.84. The molecule has 1 aliphatic heterocycles. The Bertz CT molecular complexity index is 998. The number of nitrogens with zero attached hydrogens (tertiary/aromatic N) is 4. The fraction of sp³-hybridized carbons (Fsp3) is 0.389. The Morgan fingerprint density at radius 1 is 1.21 bits per heavy atom. The van der Waals surface area contributed by atoms with Crippen molar-refractivity contribution in [3.63, 3.8) is 0 Å². The Labute approximate surface area is 164 Å². The SMILES string of the molecule is Nc1ncnc2c1nc(NCc1ccc(F)cc1)n2[C@@H]1OCC(O)C[C@@H](O)[C@H]1O. The van der Waals surface area contributed by atoms with Gasteiger partial charge in [0.15, 0.2) is 23.2 Å². The van der Waals surface area contributed by atoms with E-state index in [1.54, 1.807) is 12.1 Å². The van der Waals surface area contributed by atoms with Gasteiger partial charge in [-0.25, -0.2) is 19.3 Å². The van der Waals surface area contributed by atoms with Gasteiger partial charge in [0.2, 0.25) is 5.95 Å². The third kappa shape index (κ3) is 3.85. The highest BCUT2D eigenvalue weighted by atomic mass is 19.1. The molecule has 1 aliphatic rings. The van der Waals surface area contributed by atoms with E-state index >= 15 is 0 Å². The van der Waals surface area contributed by atoms with Gasteiger partial charge in [-0.05, 0) is 17.7 Å². The molecule has 1 saturated heterocycles. The number of hydrogen-bond donors (Lipinski definition) is 5. The summed E-state index contributed by atoms with van der Waals surface area (Å²) in [5.74, 6) is 0.0676. The third-order valence-corrected chi connectivity index (χ3v) is 4.78. The summed E-state index contributed by atoms with van der Waals surface area (Å²) in [7, 11) is 0. The second kappa shape index (κ2) is 7.87. The number of anilines is 2. The zero-order valence-corrected chi connectivity index (χ0v) is 15.3. The van der Waals surface area contributed by atoms with Crippen molar-refractivity contribution in [1.29, 1.82) is 0 Å². The molecule has 10 nitrogen and oxygen atoms in total. The highest BCUT2D eigenvalue weighted by Crippen LogP contribution is 2.31. The molecule has 3 heterocycles. The van der Waals surface area contributed by atoms with Gasteiger partial charge in [0, 0.05) is 13.0 Å². The molecule has 1 fully saturated rings. The summed E-state index contributed by atoms with van der Waals surface area (Å²) >= 11 is 0. The summed E-state index contributed by atoms with van der Waals surface area (Å²) < 4.78 is 20.3. The van der Waals surface area contributed by atoms with Gasteiger partial charge < -0.3 is 31.1 Å². The minimum atomic E-state index is -1.34. The molecule has 6 N–H and O–H groups in total. The van der Waals surface area contributed by atoms with Crippen LogP contribution in [0.5, 0.6) is 0 Å². The van der Waals surface area contributed by atoms with E-state index in [0.717, 1.165) is 5.56 Å². The van der Waals surface area contributed by atoms with Crippen LogP contribution in [0.1, 0.15) is 18.2 Å². The van der Waals surface area contributed by atoms with E-state index in [4.69, 9.17) is 10.5 Å². The minimum Gasteiger partial charge on any atom is -0.391 e. The van der Waals surface area contributed by atoms with Crippen molar-refractivity contribution in [3.8, 4) is 0 Å². The van der Waals surface area contributed by atoms with Crippen molar-refractivity contribution >= 4 is 22.9 Å². The number of aliphatic hydroxyl groups is 3. The van der Waals surface area contributed by atoms with Gasteiger partial charge in [-0.3, -0.25) is 4.57 Å². The average molecular weight is 404 g/mol. The first-order valence-electron chi connectivity index (χ1n) is 9.06. The molecule has 0 radical (unpaired) electrons. The Balaban J connectivity index is 1.73. The van der Waals surface area contributed by atoms with Gasteiger partial charge >= 0.3 is 0 Å². The van der Waals surface area contributed by atoms with Crippen LogP contribution in [0.25, 0.3) is 11.2 Å². The molecule has 11 heteroatoms. The largest absolute Gasteiger partial charge is 0.391 e. The molecular weight excluding hydrogens is 383 g/mol. The first-order chi connectivity index (χ1) is 13.9. The standard InChI is InChI=1S/C18H21FN6O4/c19-10-3-1-9(2-4-10)6-21-18-24-13-15(20)22-8-23-16(13)25(18)17-14(28)12(27)5-11(26)7-29-17/h1-4,8,11-12,14,17,26-28H,5-7H2,(H,21,24)(H2,20,22,23)/t11?,12-,14-,17-/m1/s1. The van der Waals surface area contributed by atoms with Crippen LogP contribution < -0.4 is 11.1 Å². The van der Waals surface area contributed by atoms with E-state index < -0.39 is 24.5 Å². The van der Waals surface area contributed by atoms with Gasteiger partial charge in [0.1, 0.15) is 18.2 Å². The van der Waals surface area contributed by atoms with Crippen molar-refractivity contribution in [2.75, 3.05) is 17.7 Å². The molecule has 4 rings (SSSR count). The molecule has 1 aromatic carbocycles. The van der Waals surface area contributed by atoms with E-state index in [0.29, 0.717) is 17.7 Å². The van der Waals surface area contributed by atoms with Gasteiger partial charge in [0.25, 0.3) is 0 Å². The van der Waals surface area contributed by atoms with Crippen molar-refractivity contribution in [3.05, 3.63) is 42.0 Å². The van der Waals surface area contributed by atoms with Crippen LogP contribution in [0.2, 0.25) is 0 Å². The summed E-state index contributed by atoms with van der Waals surface area (Å²) in [5, 5.41) is 33.8. The van der Waals surface area contributed by atoms with Crippen LogP contribution >= 0.6 is 0 Å². The predicted octanol–water partition coefficient (Wildman–Crippen LogP) is 0.161. The lowest BCUT2D eigenvalue weighted by Crippen LogP contribution is -2.35. The van der Waals surface area contributed by atoms with E-state index in [2.05, 4.69) is 20.3 Å². The molecular formula is C18H21FN6O4. The van der Waals surface area contributed by atoms with Gasteiger partial charge in [-0.1, -0.05) is 12.1 Å². The first-order valence-corrected chi connectivity index (χ1v) is 9.06. The number of imidazole rings is 1. The Kier molecular flexibility index (Phi) is 5.28. The van der Waals surface area contributed by atoms with Crippen LogP contribution in [0.3, 0.4) is 0 Å². The smallest absolute Gasteiger partial charge is 0.207 e. The van der Waals surface area contributed by atoms with Crippen LogP contribution in [-0.2, 0) is 11.3 Å². The molecule has 0 bridgehead atoms. The maximum atomic E-state index is 13.1. The number of halogens is 1. The number of aromatic nitrogens is 4. The minimum absolute atomic E-state index is 0.0280. The van der Waals surface area contributed by atoms with E-state index in [-0.39, 0.29) is 30.6 Å². The molecule has 29 heavy (non-hydrogen) atoms. The van der Waals surface area contributed by atoms with E-state index in [1.165, 1.54) is 23.0 Å². The summed E-state index contributed by atoms with van der Waals surface area (Å²) in [6, 6.07) is 5.94. The quantitative estimate of drug-likeness (QED) is 0.409. The van der Waals surface area contributed by atoms with E-state index in [9.17, 15) is 19.7 Å². The monoisotopic (exact) mass is 404 g/mol. The molecule has 0 spiro atoms. The number of benzene rings is 1. The normalized spacial score (nSPS) is 25.1. The van der Waals surface area contributed by atoms with Gasteiger partial charge in [0.05, 0.1) is 18.8 Å². The van der Waals surface area contributed by atoms with Crippen LogP contribution in [0, 0.1) is 5.82 Å². The number of ether oxygens (including phenoxy) is 1. The lowest BCUT2D eigenvalue weighted by atomic mass is 10.1. The van der Waals surface area contributed by atoms with Gasteiger partial charge in [-0.15, -0.1) is 0 Å². The van der Waals surface area contributed by atoms with Crippen molar-refractivity contribution < 1.29 is 24.4 Å². The molecule has 3 aromatic rings. The molecule has 0 aliphatic carbocycles. The molecule has 2 aromatic heterocycles. The third-order valence-electron chi connectivity index (χ3n) is 4.78. The van der Waals surface area contributed by atoms with Crippen molar-refractivity contribution in [2.45, 2.75) is 37.5 Å². The second-order valence-electron chi connectivity index (χ2n) is 6.89. The molecule has 1 unspecified atom stereocenters. The summed E-state index contributed by atoms with van der Waals surface area (Å²) in [6.07, 6.45) is -3.31. The molecule has 0 saturated carbocycles. The maximum Gasteiger partial charge on any atom is 0.207 e. The van der Waals surface area contributed by atoms with Crippen LogP contribution in [-0.4, -0.2) is 59.8 Å². The zero-order valence-electron chi connectivity index (χ0n) is 15.3. The molecule has 4 atom stereocenters. The number of fused-ring (bicyclic) bond motifs is 1. The topological polar surface area (TPSA) is 152 Å². The maximum absolute atomic E-state index is 13.1. The number of rotatable bonds is 4. The number of nitrogens with one attached hydrogen (secondary N) is 1. The second-order valence-corrected chi connectivity index (χ2v) is 6.89. The predicted molar refractivity (Wildman–Crippen MR) is 101 cm³/mol. The summed E-state index contributed by atoms with van der Waals surface area (Å²) in [6.45, 7) is 0.210. The first kappa shape index (κ1) is 19.5. The lowest BCUT2D eigenvalue weighted by molar-refractivity contribution is -0.107. The Morgan fingerprint density at radius 3 is 2.72 bits per heavy atom. The summed E-state index contributed by atoms with van der Waals surface area (Å²) in [4.78, 5) is 12.5. The average Bonchev–Trinajstić information content (AvgIpc) is 3.01. The number of hydrogen-bond acceptors (Lipinski definition) is 9. The fourth-order valence-electron chi connectivity index (χ4n) is 3.29. The highest BCUT2D eigenvalue weighted by Gasteiger charge is 2.36. The summed E-state index contributed by atoms with van der Waals surface area (Å²) in [5.41, 5.74) is 7.30. The number of aliphatic hydroxyl groups excluding tert-OH is 3. The van der Waals surface area contributed by atoms with Crippen molar-refractivity contribution in [2.24, 2.45) is 0 Å². The number of nitrogen functional groups attached to an aromatic ring is 1. The van der Waals surface area contributed by atoms with E-state index in [1.807, 2.05) is 0 Å². The van der Waals surface area contributed by atoms with Gasteiger partial charge in [-0.2, -0.15) is 0 Å². The fourth-order valence-corrected chi connectivity index (χ4v) is 3.29. The Morgan fingerprint density at radius 2 is 1.97 bits per heavy atom. The van der Waals surface area contributed by atoms with Crippen LogP contribution in [0.15, 0.2) is 30.6 Å². The molecule has 154 valence electrons. The lowest BCUT2D eigenvalue weighted by Gasteiger charge is -2.26. The van der Waals surface area contributed by atoms with Crippen molar-refractivity contribution in [1.82, 2.24) is 19.5 Å². The Hall–Kier alpha value is -2.86. The number of nitrogens with two attached hydrogens (primary N) is 1.